The van der Waals surface area contributed by atoms with E-state index in [1.807, 2.05) is 12.1 Å². The number of likely N-dealkylation sites (tertiary alicyclic amines) is 1. The van der Waals surface area contributed by atoms with Gasteiger partial charge in [-0.25, -0.2) is 0 Å². The predicted octanol–water partition coefficient (Wildman–Crippen LogP) is 6.06. The van der Waals surface area contributed by atoms with E-state index in [-0.39, 0.29) is 37.5 Å². The van der Waals surface area contributed by atoms with E-state index in [0.29, 0.717) is 29.1 Å². The average Bonchev–Trinajstić information content (AvgIpc) is 3.68. The van der Waals surface area contributed by atoms with Crippen molar-refractivity contribution in [3.8, 4) is 17.1 Å². The minimum absolute atomic E-state index is 0. The first-order chi connectivity index (χ1) is 19.6. The van der Waals surface area contributed by atoms with E-state index < -0.39 is 17.2 Å². The van der Waals surface area contributed by atoms with E-state index >= 15 is 0 Å². The summed E-state index contributed by atoms with van der Waals surface area (Å²) in [7, 11) is 0. The van der Waals surface area contributed by atoms with Crippen molar-refractivity contribution in [1.82, 2.24) is 30.4 Å². The maximum Gasteiger partial charge on any atom is 0.416 e. The molecule has 3 aliphatic rings. The molecular formula is C30H36ClF3N6O2. The number of rotatable bonds is 5. The topological polar surface area (TPSA) is 87.2 Å². The summed E-state index contributed by atoms with van der Waals surface area (Å²) in [6.07, 6.45) is 0.0927. The molecule has 1 saturated carbocycles. The molecule has 2 fully saturated rings. The SMILES string of the molecule is CC(C)[C@]1(C(=O)N2COc3ccc(C(F)(F)F)cc3C2)CC[C@@H](N2CCC(c3cccc(-c4nn[nH]n4)c3)CC2)C1.Cl. The van der Waals surface area contributed by atoms with Gasteiger partial charge in [0.25, 0.3) is 0 Å². The van der Waals surface area contributed by atoms with Gasteiger partial charge in [0.2, 0.25) is 11.7 Å². The lowest BCUT2D eigenvalue weighted by atomic mass is 9.74. The number of nitrogens with one attached hydrogen (secondary N) is 1. The summed E-state index contributed by atoms with van der Waals surface area (Å²) < 4.78 is 45.7. The van der Waals surface area contributed by atoms with Crippen molar-refractivity contribution in [2.75, 3.05) is 19.8 Å². The largest absolute Gasteiger partial charge is 0.473 e. The highest BCUT2D eigenvalue weighted by Gasteiger charge is 2.51. The van der Waals surface area contributed by atoms with Crippen molar-refractivity contribution in [3.63, 3.8) is 0 Å². The van der Waals surface area contributed by atoms with Crippen LogP contribution in [-0.2, 0) is 17.5 Å². The second kappa shape index (κ2) is 11.8. The number of piperidine rings is 1. The van der Waals surface area contributed by atoms with Crippen molar-refractivity contribution in [1.29, 1.82) is 0 Å². The molecule has 0 spiro atoms. The fraction of sp³-hybridized carbons (Fsp3) is 0.533. The fourth-order valence-corrected chi connectivity index (χ4v) is 7.00. The van der Waals surface area contributed by atoms with Crippen molar-refractivity contribution >= 4 is 18.3 Å². The molecule has 2 aliphatic heterocycles. The number of tetrazole rings is 1. The smallest absolute Gasteiger partial charge is 0.416 e. The Balaban J connectivity index is 0.00000353. The summed E-state index contributed by atoms with van der Waals surface area (Å²) in [5.41, 5.74) is 1.36. The van der Waals surface area contributed by atoms with Crippen LogP contribution in [0.1, 0.15) is 68.6 Å². The van der Waals surface area contributed by atoms with Crippen molar-refractivity contribution in [3.05, 3.63) is 59.2 Å². The number of carbonyl (C=O) groups is 1. The maximum absolute atomic E-state index is 14.0. The summed E-state index contributed by atoms with van der Waals surface area (Å²) in [5, 5.41) is 14.4. The van der Waals surface area contributed by atoms with Crippen LogP contribution in [-0.4, -0.2) is 62.2 Å². The van der Waals surface area contributed by atoms with Gasteiger partial charge in [-0.1, -0.05) is 32.0 Å². The highest BCUT2D eigenvalue weighted by Crippen LogP contribution is 2.49. The number of amides is 1. The molecule has 0 radical (unpaired) electrons. The molecule has 1 N–H and O–H groups in total. The molecule has 1 aliphatic carbocycles. The van der Waals surface area contributed by atoms with Crippen LogP contribution in [0.25, 0.3) is 11.4 Å². The minimum atomic E-state index is -4.44. The van der Waals surface area contributed by atoms with Crippen LogP contribution in [0, 0.1) is 11.3 Å². The van der Waals surface area contributed by atoms with E-state index in [2.05, 4.69) is 51.5 Å². The Labute approximate surface area is 249 Å². The van der Waals surface area contributed by atoms with Gasteiger partial charge < -0.3 is 14.5 Å². The zero-order valence-electron chi connectivity index (χ0n) is 23.7. The lowest BCUT2D eigenvalue weighted by Crippen LogP contribution is -2.49. The first kappa shape index (κ1) is 30.3. The standard InChI is InChI=1S/C30H35F3N6O2.ClH/c1-19(2)29(28(40)39-17-23-15-24(30(31,32)33)6-7-26(23)41-18-39)11-8-25(16-29)38-12-9-20(10-13-38)21-4-3-5-22(14-21)27-34-36-37-35-27;/h3-7,14-15,19-20,25H,8-13,16-18H2,1-2H3,(H,34,35,36,37);1H/t25-,29+;/m1./s1. The van der Waals surface area contributed by atoms with Crippen LogP contribution in [0.4, 0.5) is 13.2 Å². The molecule has 0 unspecified atom stereocenters. The number of nitrogens with zero attached hydrogens (tertiary/aromatic N) is 5. The highest BCUT2D eigenvalue weighted by molar-refractivity contribution is 5.85. The third kappa shape index (κ3) is 5.73. The number of benzene rings is 2. The molecule has 8 nitrogen and oxygen atoms in total. The Hall–Kier alpha value is -3.18. The molecule has 12 heteroatoms. The molecule has 6 rings (SSSR count). The Morgan fingerprint density at radius 2 is 1.90 bits per heavy atom. The van der Waals surface area contributed by atoms with Gasteiger partial charge in [-0.05, 0) is 92.1 Å². The van der Waals surface area contributed by atoms with Crippen LogP contribution < -0.4 is 4.74 Å². The van der Waals surface area contributed by atoms with Crippen molar-refractivity contribution in [2.45, 2.75) is 70.6 Å². The molecule has 3 aromatic rings. The molecule has 2 aromatic carbocycles. The number of hydrogen-bond acceptors (Lipinski definition) is 6. The summed E-state index contributed by atoms with van der Waals surface area (Å²) in [4.78, 5) is 18.2. The number of alkyl halides is 3. The third-order valence-electron chi connectivity index (χ3n) is 9.47. The Bertz CT molecular complexity index is 1390. The van der Waals surface area contributed by atoms with Crippen LogP contribution in [0.3, 0.4) is 0 Å². The van der Waals surface area contributed by atoms with Gasteiger partial charge in [-0.2, -0.15) is 18.4 Å². The highest BCUT2D eigenvalue weighted by atomic mass is 35.5. The summed E-state index contributed by atoms with van der Waals surface area (Å²) in [6, 6.07) is 12.2. The molecule has 0 bridgehead atoms. The van der Waals surface area contributed by atoms with Crippen LogP contribution in [0.5, 0.6) is 5.75 Å². The fourth-order valence-electron chi connectivity index (χ4n) is 7.00. The van der Waals surface area contributed by atoms with Crippen molar-refractivity contribution < 1.29 is 22.7 Å². The van der Waals surface area contributed by atoms with Crippen LogP contribution >= 0.6 is 12.4 Å². The summed E-state index contributed by atoms with van der Waals surface area (Å²) in [6.45, 7) is 6.29. The monoisotopic (exact) mass is 604 g/mol. The first-order valence-electron chi connectivity index (χ1n) is 14.3. The van der Waals surface area contributed by atoms with Gasteiger partial charge in [-0.3, -0.25) is 4.79 Å². The average molecular weight is 605 g/mol. The normalized spacial score (nSPS) is 23.4. The second-order valence-corrected chi connectivity index (χ2v) is 12.0. The van der Waals surface area contributed by atoms with Crippen LogP contribution in [0.15, 0.2) is 42.5 Å². The number of hydrogen-bond donors (Lipinski definition) is 1. The zero-order valence-corrected chi connectivity index (χ0v) is 24.5. The molecular weight excluding hydrogens is 569 g/mol. The molecule has 1 aromatic heterocycles. The Morgan fingerprint density at radius 3 is 2.60 bits per heavy atom. The zero-order chi connectivity index (χ0) is 28.8. The predicted molar refractivity (Wildman–Crippen MR) is 153 cm³/mol. The summed E-state index contributed by atoms with van der Waals surface area (Å²) >= 11 is 0. The van der Waals surface area contributed by atoms with Gasteiger partial charge >= 0.3 is 6.18 Å². The lowest BCUT2D eigenvalue weighted by molar-refractivity contribution is -0.150. The van der Waals surface area contributed by atoms with E-state index in [9.17, 15) is 18.0 Å². The first-order valence-corrected chi connectivity index (χ1v) is 14.3. The van der Waals surface area contributed by atoms with Crippen LogP contribution in [0.2, 0.25) is 0 Å². The van der Waals surface area contributed by atoms with E-state index in [1.165, 1.54) is 11.6 Å². The Morgan fingerprint density at radius 1 is 1.12 bits per heavy atom. The summed E-state index contributed by atoms with van der Waals surface area (Å²) in [5.74, 6) is 1.55. The lowest BCUT2D eigenvalue weighted by Gasteiger charge is -2.41. The van der Waals surface area contributed by atoms with Gasteiger partial charge in [-0.15, -0.1) is 22.6 Å². The number of aromatic amines is 1. The molecule has 3 heterocycles. The molecule has 1 amide bonds. The number of fused-ring (bicyclic) bond motifs is 1. The maximum atomic E-state index is 14.0. The van der Waals surface area contributed by atoms with E-state index in [1.54, 1.807) is 4.90 Å². The third-order valence-corrected chi connectivity index (χ3v) is 9.47. The molecule has 2 atom stereocenters. The van der Waals surface area contributed by atoms with E-state index in [4.69, 9.17) is 4.74 Å². The number of ether oxygens (including phenoxy) is 1. The number of carbonyl (C=O) groups excluding carboxylic acids is 1. The van der Waals surface area contributed by atoms with Gasteiger partial charge in [0.1, 0.15) is 5.75 Å². The van der Waals surface area contributed by atoms with E-state index in [0.717, 1.165) is 62.9 Å². The van der Waals surface area contributed by atoms with Crippen molar-refractivity contribution in [2.24, 2.45) is 11.3 Å². The number of aromatic nitrogens is 4. The van der Waals surface area contributed by atoms with Gasteiger partial charge in [0, 0.05) is 17.2 Å². The molecule has 226 valence electrons. The van der Waals surface area contributed by atoms with Gasteiger partial charge in [0.15, 0.2) is 6.73 Å². The second-order valence-electron chi connectivity index (χ2n) is 12.0. The Kier molecular flexibility index (Phi) is 8.53. The molecule has 42 heavy (non-hydrogen) atoms. The molecule has 1 saturated heterocycles. The number of H-pyrrole nitrogens is 1. The quantitative estimate of drug-likeness (QED) is 0.381. The number of halogens is 4. The minimum Gasteiger partial charge on any atom is -0.473 e. The van der Waals surface area contributed by atoms with Gasteiger partial charge in [0.05, 0.1) is 17.5 Å².